The van der Waals surface area contributed by atoms with E-state index >= 15 is 0 Å². The average molecular weight is 274 g/mol. The zero-order valence-corrected chi connectivity index (χ0v) is 11.8. The second-order valence-electron chi connectivity index (χ2n) is 4.15. The fourth-order valence-electron chi connectivity index (χ4n) is 1.34. The van der Waals surface area contributed by atoms with Crippen LogP contribution in [0.2, 0.25) is 0 Å². The van der Waals surface area contributed by atoms with Gasteiger partial charge in [0, 0.05) is 25.9 Å². The van der Waals surface area contributed by atoms with Crippen LogP contribution in [-0.4, -0.2) is 41.7 Å². The zero-order valence-electron chi connectivity index (χ0n) is 11.0. The van der Waals surface area contributed by atoms with E-state index in [1.54, 1.807) is 19.4 Å². The first-order valence-corrected chi connectivity index (χ1v) is 6.42. The van der Waals surface area contributed by atoms with Crippen LogP contribution >= 0.6 is 11.6 Å². The summed E-state index contributed by atoms with van der Waals surface area (Å²) in [5.41, 5.74) is 0. The van der Waals surface area contributed by atoms with Crippen LogP contribution in [0.1, 0.15) is 20.3 Å². The predicted molar refractivity (Wildman–Crippen MR) is 72.4 cm³/mol. The van der Waals surface area contributed by atoms with Crippen molar-refractivity contribution in [3.05, 3.63) is 12.3 Å². The van der Waals surface area contributed by atoms with Gasteiger partial charge in [-0.1, -0.05) is 0 Å². The van der Waals surface area contributed by atoms with E-state index in [9.17, 15) is 0 Å². The molecule has 5 nitrogen and oxygen atoms in total. The Balaban J connectivity index is 2.38. The first kappa shape index (κ1) is 15.0. The lowest BCUT2D eigenvalue weighted by Gasteiger charge is -2.11. The summed E-state index contributed by atoms with van der Waals surface area (Å²) in [6, 6.07) is 1.74. The number of ether oxygens (including phenoxy) is 2. The molecular weight excluding hydrogens is 254 g/mol. The molecule has 1 heterocycles. The Morgan fingerprint density at radius 1 is 1.44 bits per heavy atom. The number of nitrogens with one attached hydrogen (secondary N) is 1. The third-order valence-corrected chi connectivity index (χ3v) is 2.42. The molecule has 0 amide bonds. The highest BCUT2D eigenvalue weighted by atomic mass is 35.5. The van der Waals surface area contributed by atoms with Crippen molar-refractivity contribution in [3.8, 4) is 5.88 Å². The van der Waals surface area contributed by atoms with E-state index in [-0.39, 0.29) is 11.5 Å². The minimum Gasteiger partial charge on any atom is -0.475 e. The third-order valence-electron chi connectivity index (χ3n) is 2.07. The van der Waals surface area contributed by atoms with E-state index in [1.165, 1.54) is 0 Å². The van der Waals surface area contributed by atoms with Crippen LogP contribution in [0, 0.1) is 0 Å². The average Bonchev–Trinajstić information content (AvgIpc) is 2.29. The molecule has 1 atom stereocenters. The van der Waals surface area contributed by atoms with Crippen molar-refractivity contribution in [3.63, 3.8) is 0 Å². The lowest BCUT2D eigenvalue weighted by atomic mass is 10.3. The minimum atomic E-state index is -0.00223. The van der Waals surface area contributed by atoms with Gasteiger partial charge in [-0.15, -0.1) is 11.6 Å². The molecule has 0 spiro atoms. The normalized spacial score (nSPS) is 12.5. The smallest absolute Gasteiger partial charge is 0.225 e. The number of alkyl halides is 1. The Kier molecular flexibility index (Phi) is 6.75. The molecule has 0 radical (unpaired) electrons. The summed E-state index contributed by atoms with van der Waals surface area (Å²) in [4.78, 5) is 8.35. The van der Waals surface area contributed by atoms with Crippen molar-refractivity contribution < 1.29 is 9.47 Å². The fourth-order valence-corrected chi connectivity index (χ4v) is 1.57. The molecule has 0 aromatic carbocycles. The molecule has 6 heteroatoms. The highest BCUT2D eigenvalue weighted by Crippen LogP contribution is 2.10. The number of hydrogen-bond acceptors (Lipinski definition) is 5. The van der Waals surface area contributed by atoms with Gasteiger partial charge >= 0.3 is 0 Å². The number of nitrogens with zero attached hydrogens (tertiary/aromatic N) is 2. The van der Waals surface area contributed by atoms with E-state index in [1.807, 2.05) is 13.8 Å². The Morgan fingerprint density at radius 3 is 2.89 bits per heavy atom. The van der Waals surface area contributed by atoms with E-state index in [0.717, 1.165) is 6.42 Å². The van der Waals surface area contributed by atoms with Gasteiger partial charge in [-0.25, -0.2) is 4.98 Å². The van der Waals surface area contributed by atoms with Crippen molar-refractivity contribution in [1.82, 2.24) is 9.97 Å². The van der Waals surface area contributed by atoms with Gasteiger partial charge in [-0.3, -0.25) is 0 Å². The summed E-state index contributed by atoms with van der Waals surface area (Å²) < 4.78 is 10.4. The summed E-state index contributed by atoms with van der Waals surface area (Å²) in [7, 11) is 1.64. The molecule has 0 aliphatic rings. The number of hydrogen-bond donors (Lipinski definition) is 1. The number of halogens is 1. The predicted octanol–water partition coefficient (Wildman–Crippen LogP) is 2.32. The zero-order chi connectivity index (χ0) is 13.4. The van der Waals surface area contributed by atoms with Crippen LogP contribution in [-0.2, 0) is 4.74 Å². The van der Waals surface area contributed by atoms with Crippen LogP contribution in [0.25, 0.3) is 0 Å². The lowest BCUT2D eigenvalue weighted by molar-refractivity contribution is 0.196. The first-order chi connectivity index (χ1) is 8.61. The molecule has 1 unspecified atom stereocenters. The Labute approximate surface area is 113 Å². The van der Waals surface area contributed by atoms with Gasteiger partial charge in [0.2, 0.25) is 11.8 Å². The third kappa shape index (κ3) is 6.02. The van der Waals surface area contributed by atoms with Crippen LogP contribution in [0.4, 0.5) is 5.95 Å². The van der Waals surface area contributed by atoms with Crippen molar-refractivity contribution in [2.45, 2.75) is 31.7 Å². The topological polar surface area (TPSA) is 56.3 Å². The highest BCUT2D eigenvalue weighted by molar-refractivity contribution is 6.20. The molecule has 0 fully saturated rings. The number of methoxy groups -OCH3 is 1. The molecule has 0 saturated carbocycles. The molecule has 1 aromatic rings. The van der Waals surface area contributed by atoms with Crippen LogP contribution < -0.4 is 10.1 Å². The minimum absolute atomic E-state index is 0.00223. The maximum atomic E-state index is 6.02. The molecular formula is C12H20ClN3O2. The highest BCUT2D eigenvalue weighted by Gasteiger charge is 2.05. The maximum Gasteiger partial charge on any atom is 0.225 e. The SMILES string of the molecule is COCC(Cl)CCNc1nccc(OC(C)C)n1. The van der Waals surface area contributed by atoms with E-state index < -0.39 is 0 Å². The quantitative estimate of drug-likeness (QED) is 0.737. The van der Waals surface area contributed by atoms with Gasteiger partial charge in [0.05, 0.1) is 18.1 Å². The Morgan fingerprint density at radius 2 is 2.22 bits per heavy atom. The van der Waals surface area contributed by atoms with E-state index in [2.05, 4.69) is 15.3 Å². The molecule has 18 heavy (non-hydrogen) atoms. The van der Waals surface area contributed by atoms with Gasteiger partial charge in [0.1, 0.15) is 0 Å². The molecule has 0 saturated heterocycles. The molecule has 1 aromatic heterocycles. The van der Waals surface area contributed by atoms with Gasteiger partial charge in [-0.05, 0) is 20.3 Å². The van der Waals surface area contributed by atoms with Crippen molar-refractivity contribution >= 4 is 17.5 Å². The van der Waals surface area contributed by atoms with Gasteiger partial charge in [0.15, 0.2) is 0 Å². The first-order valence-electron chi connectivity index (χ1n) is 5.98. The molecule has 0 bridgehead atoms. The summed E-state index contributed by atoms with van der Waals surface area (Å²) in [5.74, 6) is 1.12. The fraction of sp³-hybridized carbons (Fsp3) is 0.667. The summed E-state index contributed by atoms with van der Waals surface area (Å²) >= 11 is 6.02. The molecule has 0 aliphatic heterocycles. The monoisotopic (exact) mass is 273 g/mol. The maximum absolute atomic E-state index is 6.02. The Hall–Kier alpha value is -1.07. The summed E-state index contributed by atoms with van der Waals surface area (Å²) in [6.07, 6.45) is 2.55. The van der Waals surface area contributed by atoms with Crippen LogP contribution in [0.5, 0.6) is 5.88 Å². The summed E-state index contributed by atoms with van der Waals surface area (Å²) in [6.45, 7) is 5.15. The number of rotatable bonds is 8. The second kappa shape index (κ2) is 8.11. The number of aromatic nitrogens is 2. The van der Waals surface area contributed by atoms with Crippen molar-refractivity contribution in [2.75, 3.05) is 25.6 Å². The van der Waals surface area contributed by atoms with E-state index in [4.69, 9.17) is 21.1 Å². The van der Waals surface area contributed by atoms with Gasteiger partial charge in [-0.2, -0.15) is 4.98 Å². The van der Waals surface area contributed by atoms with Gasteiger partial charge < -0.3 is 14.8 Å². The Bertz CT molecular complexity index is 350. The summed E-state index contributed by atoms with van der Waals surface area (Å²) in [5, 5.41) is 3.10. The van der Waals surface area contributed by atoms with Gasteiger partial charge in [0.25, 0.3) is 0 Å². The number of anilines is 1. The van der Waals surface area contributed by atoms with Crippen LogP contribution in [0.3, 0.4) is 0 Å². The largest absolute Gasteiger partial charge is 0.475 e. The van der Waals surface area contributed by atoms with Crippen molar-refractivity contribution in [1.29, 1.82) is 0 Å². The molecule has 0 aliphatic carbocycles. The second-order valence-corrected chi connectivity index (χ2v) is 4.77. The molecule has 1 N–H and O–H groups in total. The van der Waals surface area contributed by atoms with Crippen molar-refractivity contribution in [2.24, 2.45) is 0 Å². The van der Waals surface area contributed by atoms with E-state index in [0.29, 0.717) is 25.0 Å². The molecule has 1 rings (SSSR count). The lowest BCUT2D eigenvalue weighted by Crippen LogP contribution is -2.15. The van der Waals surface area contributed by atoms with Crippen LogP contribution in [0.15, 0.2) is 12.3 Å². The molecule has 102 valence electrons. The standard InChI is InChI=1S/C12H20ClN3O2/c1-9(2)18-11-5-7-15-12(16-11)14-6-4-10(13)8-17-3/h5,7,9-10H,4,6,8H2,1-3H3,(H,14,15,16).